The van der Waals surface area contributed by atoms with Crippen LogP contribution in [0.15, 0.2) is 5.16 Å². The molecule has 2 nitrogen and oxygen atoms in total. The van der Waals surface area contributed by atoms with Gasteiger partial charge < -0.3 is 4.84 Å². The maximum Gasteiger partial charge on any atom is 0.108 e. The van der Waals surface area contributed by atoms with Gasteiger partial charge >= 0.3 is 0 Å². The van der Waals surface area contributed by atoms with Crippen molar-refractivity contribution in [2.45, 2.75) is 52.3 Å². The molecule has 72 valence electrons. The normalized spacial score (nSPS) is 13.3. The van der Waals surface area contributed by atoms with Gasteiger partial charge in [-0.15, -0.1) is 0 Å². The lowest BCUT2D eigenvalue weighted by molar-refractivity contribution is 0.110. The maximum absolute atomic E-state index is 5.43. The van der Waals surface area contributed by atoms with Crippen LogP contribution in [0.25, 0.3) is 0 Å². The molecule has 0 fully saturated rings. The minimum atomic E-state index is -0.0596. The van der Waals surface area contributed by atoms with E-state index >= 15 is 0 Å². The van der Waals surface area contributed by atoms with Gasteiger partial charge in [-0.25, -0.2) is 0 Å². The van der Waals surface area contributed by atoms with E-state index < -0.39 is 0 Å². The summed E-state index contributed by atoms with van der Waals surface area (Å²) in [5.41, 5.74) is 1.62. The quantitative estimate of drug-likeness (QED) is 0.355. The number of nitrogens with zero attached hydrogens (tertiary/aromatic N) is 1. The van der Waals surface area contributed by atoms with E-state index in [0.29, 0.717) is 5.73 Å². The highest BCUT2D eigenvalue weighted by atomic mass is 28.2. The minimum Gasteiger partial charge on any atom is -0.397 e. The summed E-state index contributed by atoms with van der Waals surface area (Å²) in [7, 11) is -0.0596. The van der Waals surface area contributed by atoms with Crippen molar-refractivity contribution in [1.82, 2.24) is 0 Å². The summed E-state index contributed by atoms with van der Waals surface area (Å²) in [5.74, 6) is 0. The van der Waals surface area contributed by atoms with E-state index in [1.54, 1.807) is 0 Å². The first kappa shape index (κ1) is 11.7. The first-order valence-electron chi connectivity index (χ1n) is 4.99. The Balaban J connectivity index is 3.81. The Hall–Kier alpha value is -0.313. The molecule has 1 atom stereocenters. The lowest BCUT2D eigenvalue weighted by Crippen LogP contribution is -2.15. The first-order valence-corrected chi connectivity index (χ1v) is 7.22. The summed E-state index contributed by atoms with van der Waals surface area (Å²) in [5, 5.41) is 4.15. The molecule has 0 amide bonds. The summed E-state index contributed by atoms with van der Waals surface area (Å²) < 4.78 is 0. The number of hydrogen-bond donors (Lipinski definition) is 0. The topological polar surface area (TPSA) is 21.6 Å². The van der Waals surface area contributed by atoms with Crippen molar-refractivity contribution in [2.75, 3.05) is 0 Å². The predicted molar refractivity (Wildman–Crippen MR) is 57.6 cm³/mol. The fourth-order valence-electron chi connectivity index (χ4n) is 0.966. The summed E-state index contributed by atoms with van der Waals surface area (Å²) in [6, 6.07) is 0. The fraction of sp³-hybridized carbons (Fsp3) is 0.889. The lowest BCUT2D eigenvalue weighted by Gasteiger charge is -2.10. The van der Waals surface area contributed by atoms with Crippen LogP contribution >= 0.6 is 0 Å². The summed E-state index contributed by atoms with van der Waals surface area (Å²) in [6.07, 6.45) is 3.13. The smallest absolute Gasteiger partial charge is 0.108 e. The SMILES string of the molecule is CCC(CC)=NOC(CC)[SiH2]C. The Bertz CT molecular complexity index is 126. The van der Waals surface area contributed by atoms with E-state index in [1.165, 1.54) is 5.71 Å². The fourth-order valence-corrected chi connectivity index (χ4v) is 1.77. The van der Waals surface area contributed by atoms with Gasteiger partial charge in [0, 0.05) is 0 Å². The van der Waals surface area contributed by atoms with Crippen molar-refractivity contribution in [2.24, 2.45) is 5.16 Å². The van der Waals surface area contributed by atoms with Crippen LogP contribution in [0.1, 0.15) is 40.0 Å². The molecule has 0 saturated carbocycles. The molecule has 0 rings (SSSR count). The average Bonchev–Trinajstić information content (AvgIpc) is 2.13. The zero-order valence-electron chi connectivity index (χ0n) is 8.76. The molecule has 0 aliphatic heterocycles. The number of hydrogen-bond acceptors (Lipinski definition) is 2. The van der Waals surface area contributed by atoms with Crippen LogP contribution in [0.5, 0.6) is 0 Å². The van der Waals surface area contributed by atoms with Gasteiger partial charge in [-0.2, -0.15) is 0 Å². The van der Waals surface area contributed by atoms with Crippen LogP contribution in [0.3, 0.4) is 0 Å². The summed E-state index contributed by atoms with van der Waals surface area (Å²) >= 11 is 0. The van der Waals surface area contributed by atoms with Gasteiger partial charge in [0.2, 0.25) is 0 Å². The van der Waals surface area contributed by atoms with Gasteiger partial charge in [0.15, 0.2) is 0 Å². The van der Waals surface area contributed by atoms with Crippen molar-refractivity contribution in [3.05, 3.63) is 0 Å². The molecule has 0 aromatic rings. The molecule has 0 saturated heterocycles. The molecule has 0 radical (unpaired) electrons. The molecule has 0 aliphatic carbocycles. The molecule has 0 aliphatic rings. The molecule has 0 bridgehead atoms. The Kier molecular flexibility index (Phi) is 7.15. The van der Waals surface area contributed by atoms with Crippen molar-refractivity contribution >= 4 is 15.2 Å². The second-order valence-corrected chi connectivity index (χ2v) is 4.64. The molecule has 0 heterocycles. The number of oxime groups is 1. The highest BCUT2D eigenvalue weighted by molar-refractivity contribution is 6.35. The van der Waals surface area contributed by atoms with E-state index in [9.17, 15) is 0 Å². The third-order valence-corrected chi connectivity index (χ3v) is 3.69. The first-order chi connectivity index (χ1) is 5.78. The second-order valence-electron chi connectivity index (χ2n) is 2.91. The summed E-state index contributed by atoms with van der Waals surface area (Å²) in [6.45, 7) is 8.67. The highest BCUT2D eigenvalue weighted by Gasteiger charge is 2.03. The van der Waals surface area contributed by atoms with E-state index in [4.69, 9.17) is 4.84 Å². The molecule has 1 unspecified atom stereocenters. The van der Waals surface area contributed by atoms with Gasteiger partial charge in [-0.1, -0.05) is 32.5 Å². The van der Waals surface area contributed by atoms with E-state index in [2.05, 4.69) is 32.5 Å². The minimum absolute atomic E-state index is 0.0596. The third-order valence-electron chi connectivity index (χ3n) is 2.06. The van der Waals surface area contributed by atoms with Gasteiger partial charge in [0.1, 0.15) is 5.73 Å². The van der Waals surface area contributed by atoms with E-state index in [0.717, 1.165) is 19.3 Å². The highest BCUT2D eigenvalue weighted by Crippen LogP contribution is 1.99. The van der Waals surface area contributed by atoms with Crippen LogP contribution in [-0.2, 0) is 4.84 Å². The Morgan fingerprint density at radius 3 is 2.25 bits per heavy atom. The molecule has 3 heteroatoms. The van der Waals surface area contributed by atoms with Gasteiger partial charge in [0.05, 0.1) is 15.2 Å². The zero-order chi connectivity index (χ0) is 9.40. The monoisotopic (exact) mass is 187 g/mol. The molecule has 0 N–H and O–H groups in total. The molecule has 0 aromatic carbocycles. The van der Waals surface area contributed by atoms with Crippen LogP contribution in [0, 0.1) is 0 Å². The largest absolute Gasteiger partial charge is 0.397 e. The molecular weight excluding hydrogens is 166 g/mol. The molecule has 0 spiro atoms. The summed E-state index contributed by atoms with van der Waals surface area (Å²) in [4.78, 5) is 5.43. The van der Waals surface area contributed by atoms with Crippen molar-refractivity contribution < 1.29 is 4.84 Å². The number of rotatable bonds is 6. The Morgan fingerprint density at radius 1 is 1.33 bits per heavy atom. The van der Waals surface area contributed by atoms with Crippen LogP contribution in [0.4, 0.5) is 0 Å². The average molecular weight is 187 g/mol. The van der Waals surface area contributed by atoms with E-state index in [1.807, 2.05) is 0 Å². The van der Waals surface area contributed by atoms with Gasteiger partial charge in [-0.05, 0) is 19.3 Å². The zero-order valence-corrected chi connectivity index (χ0v) is 10.2. The maximum atomic E-state index is 5.43. The molecule has 12 heavy (non-hydrogen) atoms. The third kappa shape index (κ3) is 4.54. The van der Waals surface area contributed by atoms with Crippen molar-refractivity contribution in [3.8, 4) is 0 Å². The van der Waals surface area contributed by atoms with Gasteiger partial charge in [0.25, 0.3) is 0 Å². The lowest BCUT2D eigenvalue weighted by atomic mass is 10.2. The standard InChI is InChI=1S/C9H21NOSi/c1-5-8(6-2)10-11-9(7-3)12-4/h9H,5-7,12H2,1-4H3. The van der Waals surface area contributed by atoms with Crippen LogP contribution in [0.2, 0.25) is 6.55 Å². The van der Waals surface area contributed by atoms with Crippen LogP contribution in [-0.4, -0.2) is 21.0 Å². The van der Waals surface area contributed by atoms with Gasteiger partial charge in [-0.3, -0.25) is 0 Å². The van der Waals surface area contributed by atoms with E-state index in [-0.39, 0.29) is 9.52 Å². The second kappa shape index (κ2) is 7.34. The molecule has 0 aromatic heterocycles. The van der Waals surface area contributed by atoms with Crippen molar-refractivity contribution in [1.29, 1.82) is 0 Å². The van der Waals surface area contributed by atoms with Crippen molar-refractivity contribution in [3.63, 3.8) is 0 Å². The van der Waals surface area contributed by atoms with Crippen LogP contribution < -0.4 is 0 Å². The Morgan fingerprint density at radius 2 is 1.92 bits per heavy atom. The predicted octanol–water partition coefficient (Wildman–Crippen LogP) is 2.13. The Labute approximate surface area is 78.2 Å². The molecular formula is C9H21NOSi.